The second-order valence-electron chi connectivity index (χ2n) is 13.6. The van der Waals surface area contributed by atoms with Crippen LogP contribution in [-0.4, -0.2) is 86.0 Å². The molecule has 5 rings (SSSR count). The van der Waals surface area contributed by atoms with Crippen molar-refractivity contribution in [2.45, 2.75) is 100 Å². The van der Waals surface area contributed by atoms with Gasteiger partial charge < -0.3 is 25.1 Å². The molecule has 50 heavy (non-hydrogen) atoms. The van der Waals surface area contributed by atoms with Gasteiger partial charge in [-0.2, -0.15) is 4.72 Å². The standard InChI is InChI=1S/C35H44ClN5O8S/c1-5-7-27(31(42)33(44)37-24-10-11-24)38-32(43)30-19-35(18-29(39-49-35)22-8-6-9-23(36)17-22)20-41(30)34(45)28(16-21(2)3)40-50(46,47)26-14-12-25(48-4)13-15-26/h6,8-9,12-15,17,21,24,27-28,30,40H,5,7,10-11,16,18-20H2,1-4H3,(H,37,44)(H,38,43)/t27-,28-,30?,35+/m0/s1. The van der Waals surface area contributed by atoms with E-state index in [9.17, 15) is 27.6 Å². The predicted molar refractivity (Wildman–Crippen MR) is 186 cm³/mol. The first-order valence-electron chi connectivity index (χ1n) is 16.9. The van der Waals surface area contributed by atoms with E-state index in [0.29, 0.717) is 22.9 Å². The molecule has 3 amide bonds. The van der Waals surface area contributed by atoms with E-state index in [1.54, 1.807) is 18.2 Å². The lowest BCUT2D eigenvalue weighted by molar-refractivity contribution is -0.143. The molecule has 1 aliphatic carbocycles. The summed E-state index contributed by atoms with van der Waals surface area (Å²) < 4.78 is 34.8. The molecule has 0 radical (unpaired) electrons. The van der Waals surface area contributed by atoms with E-state index in [-0.39, 0.29) is 49.1 Å². The molecule has 0 bridgehead atoms. The number of likely N-dealkylation sites (tertiary alicyclic amines) is 1. The van der Waals surface area contributed by atoms with Crippen molar-refractivity contribution >= 4 is 50.8 Å². The van der Waals surface area contributed by atoms with E-state index in [1.165, 1.54) is 36.3 Å². The number of Topliss-reactive ketones (excluding diaryl/α,β-unsaturated/α-hetero) is 1. The lowest BCUT2D eigenvalue weighted by atomic mass is 9.91. The Morgan fingerprint density at radius 2 is 1.82 bits per heavy atom. The number of carbonyl (C=O) groups is 4. The van der Waals surface area contributed by atoms with Crippen molar-refractivity contribution in [3.8, 4) is 5.75 Å². The first-order chi connectivity index (χ1) is 23.7. The number of hydrogen-bond acceptors (Lipinski definition) is 9. The molecule has 3 aliphatic rings. The van der Waals surface area contributed by atoms with Crippen LogP contribution in [0, 0.1) is 5.92 Å². The molecule has 4 atom stereocenters. The van der Waals surface area contributed by atoms with Gasteiger partial charge in [-0.15, -0.1) is 0 Å². The summed E-state index contributed by atoms with van der Waals surface area (Å²) in [6.07, 6.45) is 2.70. The Balaban J connectivity index is 1.43. The zero-order valence-corrected chi connectivity index (χ0v) is 30.2. The lowest BCUT2D eigenvalue weighted by Crippen LogP contribution is -2.56. The average molecular weight is 730 g/mol. The topological polar surface area (TPSA) is 173 Å². The van der Waals surface area contributed by atoms with Crippen LogP contribution >= 0.6 is 11.6 Å². The van der Waals surface area contributed by atoms with Gasteiger partial charge in [-0.25, -0.2) is 8.42 Å². The number of methoxy groups -OCH3 is 1. The first kappa shape index (κ1) is 37.3. The number of carbonyl (C=O) groups excluding carboxylic acids is 4. The minimum atomic E-state index is -4.18. The van der Waals surface area contributed by atoms with E-state index in [2.05, 4.69) is 20.5 Å². The second-order valence-corrected chi connectivity index (χ2v) is 15.8. The molecular formula is C35H44ClN5O8S. The van der Waals surface area contributed by atoms with Crippen molar-refractivity contribution in [2.24, 2.45) is 11.1 Å². The van der Waals surface area contributed by atoms with Gasteiger partial charge in [-0.3, -0.25) is 19.2 Å². The van der Waals surface area contributed by atoms with Gasteiger partial charge in [0.2, 0.25) is 27.6 Å². The summed E-state index contributed by atoms with van der Waals surface area (Å²) in [7, 11) is -2.71. The Hall–Kier alpha value is -4.01. The molecular weight excluding hydrogens is 686 g/mol. The molecule has 1 unspecified atom stereocenters. The fourth-order valence-corrected chi connectivity index (χ4v) is 7.69. The molecule has 3 N–H and O–H groups in total. The number of ketones is 1. The van der Waals surface area contributed by atoms with E-state index in [0.717, 1.165) is 18.4 Å². The van der Waals surface area contributed by atoms with Crippen molar-refractivity contribution < 1.29 is 37.2 Å². The van der Waals surface area contributed by atoms with Gasteiger partial charge in [0, 0.05) is 29.5 Å². The summed E-state index contributed by atoms with van der Waals surface area (Å²) in [4.78, 5) is 61.7. The third-order valence-electron chi connectivity index (χ3n) is 9.00. The van der Waals surface area contributed by atoms with Crippen molar-refractivity contribution in [3.05, 3.63) is 59.1 Å². The van der Waals surface area contributed by atoms with Crippen molar-refractivity contribution in [2.75, 3.05) is 13.7 Å². The Morgan fingerprint density at radius 3 is 2.44 bits per heavy atom. The largest absolute Gasteiger partial charge is 0.497 e. The molecule has 13 nitrogen and oxygen atoms in total. The summed E-state index contributed by atoms with van der Waals surface area (Å²) in [6, 6.07) is 9.31. The van der Waals surface area contributed by atoms with Crippen LogP contribution in [-0.2, 0) is 34.0 Å². The van der Waals surface area contributed by atoms with Crippen LogP contribution in [0.25, 0.3) is 0 Å². The zero-order valence-electron chi connectivity index (χ0n) is 28.6. The Morgan fingerprint density at radius 1 is 1.10 bits per heavy atom. The lowest BCUT2D eigenvalue weighted by Gasteiger charge is -2.30. The Kier molecular flexibility index (Phi) is 11.5. The highest BCUT2D eigenvalue weighted by Crippen LogP contribution is 2.40. The number of nitrogens with zero attached hydrogens (tertiary/aromatic N) is 2. The summed E-state index contributed by atoms with van der Waals surface area (Å²) >= 11 is 6.23. The second kappa shape index (κ2) is 15.5. The molecule has 1 spiro atoms. The Bertz CT molecular complexity index is 1750. The average Bonchev–Trinajstić information content (AvgIpc) is 3.68. The third kappa shape index (κ3) is 8.82. The van der Waals surface area contributed by atoms with Crippen LogP contribution in [0.2, 0.25) is 5.02 Å². The van der Waals surface area contributed by atoms with Gasteiger partial charge in [-0.05, 0) is 68.0 Å². The molecule has 1 saturated heterocycles. The quantitative estimate of drug-likeness (QED) is 0.234. The maximum absolute atomic E-state index is 14.5. The number of ether oxygens (including phenoxy) is 1. The van der Waals surface area contributed by atoms with Crippen LogP contribution in [0.15, 0.2) is 58.6 Å². The van der Waals surface area contributed by atoms with E-state index < -0.39 is 57.3 Å². The van der Waals surface area contributed by atoms with E-state index in [1.807, 2.05) is 26.8 Å². The number of sulfonamides is 1. The first-order valence-corrected chi connectivity index (χ1v) is 18.7. The van der Waals surface area contributed by atoms with Gasteiger partial charge in [-0.1, -0.05) is 56.1 Å². The molecule has 1 saturated carbocycles. The number of halogens is 1. The number of nitrogens with one attached hydrogen (secondary N) is 3. The molecule has 2 fully saturated rings. The SMILES string of the molecule is CCC[C@H](NC(=O)C1C[C@]2(CC(c3cccc(Cl)c3)=NO2)CN1C(=O)[C@H](CC(C)C)NS(=O)(=O)c1ccc(OC)cc1)C(=O)C(=O)NC1CC1. The van der Waals surface area contributed by atoms with Crippen LogP contribution < -0.4 is 20.1 Å². The molecule has 2 aromatic rings. The Labute approximate surface area is 297 Å². The summed E-state index contributed by atoms with van der Waals surface area (Å²) in [5.74, 6) is -2.43. The highest BCUT2D eigenvalue weighted by atomic mass is 35.5. The molecule has 2 aromatic carbocycles. The summed E-state index contributed by atoms with van der Waals surface area (Å²) in [6.45, 7) is 5.47. The minimum absolute atomic E-state index is 0.0130. The van der Waals surface area contributed by atoms with Crippen molar-refractivity contribution in [3.63, 3.8) is 0 Å². The zero-order chi connectivity index (χ0) is 36.2. The fourth-order valence-electron chi connectivity index (χ4n) is 6.30. The molecule has 2 aliphatic heterocycles. The summed E-state index contributed by atoms with van der Waals surface area (Å²) in [5.41, 5.74) is 0.191. The summed E-state index contributed by atoms with van der Waals surface area (Å²) in [5, 5.41) is 10.2. The predicted octanol–water partition coefficient (Wildman–Crippen LogP) is 3.34. The number of amides is 3. The van der Waals surface area contributed by atoms with Crippen molar-refractivity contribution in [1.29, 1.82) is 0 Å². The number of hydrogen-bond donors (Lipinski definition) is 3. The van der Waals surface area contributed by atoms with Crippen LogP contribution in [0.1, 0.15) is 71.3 Å². The monoisotopic (exact) mass is 729 g/mol. The van der Waals surface area contributed by atoms with Crippen LogP contribution in [0.3, 0.4) is 0 Å². The van der Waals surface area contributed by atoms with Crippen LogP contribution in [0.4, 0.5) is 0 Å². The highest BCUT2D eigenvalue weighted by Gasteiger charge is 2.55. The minimum Gasteiger partial charge on any atom is -0.497 e. The maximum Gasteiger partial charge on any atom is 0.289 e. The molecule has 15 heteroatoms. The highest BCUT2D eigenvalue weighted by molar-refractivity contribution is 7.89. The fraction of sp³-hybridized carbons (Fsp3) is 0.514. The van der Waals surface area contributed by atoms with Crippen molar-refractivity contribution in [1.82, 2.24) is 20.3 Å². The van der Waals surface area contributed by atoms with Crippen LogP contribution in [0.5, 0.6) is 5.75 Å². The maximum atomic E-state index is 14.5. The number of oxime groups is 1. The smallest absolute Gasteiger partial charge is 0.289 e. The van der Waals surface area contributed by atoms with E-state index in [4.69, 9.17) is 21.2 Å². The van der Waals surface area contributed by atoms with Gasteiger partial charge in [0.25, 0.3) is 5.91 Å². The molecule has 270 valence electrons. The van der Waals surface area contributed by atoms with Gasteiger partial charge in [0.05, 0.1) is 30.3 Å². The third-order valence-corrected chi connectivity index (χ3v) is 10.7. The van der Waals surface area contributed by atoms with E-state index >= 15 is 0 Å². The molecule has 0 aromatic heterocycles. The van der Waals surface area contributed by atoms with Gasteiger partial charge in [0.15, 0.2) is 5.60 Å². The number of rotatable bonds is 15. The normalized spacial score (nSPS) is 21.4. The van der Waals surface area contributed by atoms with Gasteiger partial charge in [0.1, 0.15) is 17.8 Å². The van der Waals surface area contributed by atoms with Gasteiger partial charge >= 0.3 is 0 Å². The number of benzene rings is 2. The molecule has 2 heterocycles.